The highest BCUT2D eigenvalue weighted by Gasteiger charge is 2.55. The van der Waals surface area contributed by atoms with Gasteiger partial charge in [0.15, 0.2) is 0 Å². The van der Waals surface area contributed by atoms with Gasteiger partial charge in [0, 0.05) is 37.8 Å². The van der Waals surface area contributed by atoms with Crippen LogP contribution in [0, 0.1) is 12.8 Å². The average molecular weight is 418 g/mol. The molecule has 1 aromatic heterocycles. The van der Waals surface area contributed by atoms with Crippen molar-refractivity contribution in [3.8, 4) is 0 Å². The van der Waals surface area contributed by atoms with E-state index in [-0.39, 0.29) is 37.1 Å². The third kappa shape index (κ3) is 3.34. The van der Waals surface area contributed by atoms with E-state index in [9.17, 15) is 14.4 Å². The average Bonchev–Trinajstić information content (AvgIpc) is 3.46. The van der Waals surface area contributed by atoms with Gasteiger partial charge in [0.05, 0.1) is 12.0 Å². The smallest absolute Gasteiger partial charge is 0.241 e. The number of hydrogen-bond donors (Lipinski definition) is 0. The molecular weight excluding hydrogens is 390 g/mol. The van der Waals surface area contributed by atoms with Crippen LogP contribution >= 0.6 is 0 Å². The minimum atomic E-state index is -1.14. The summed E-state index contributed by atoms with van der Waals surface area (Å²) in [5.41, 5.74) is 1.39. The number of carbonyl (C=O) groups is 3. The fraction of sp³-hybridized carbons (Fsp3) is 0.440. The monoisotopic (exact) mass is 417 g/mol. The largest absolute Gasteiger partial charge is 0.339 e. The zero-order valence-electron chi connectivity index (χ0n) is 17.8. The van der Waals surface area contributed by atoms with Gasteiger partial charge in [0.25, 0.3) is 0 Å². The quantitative estimate of drug-likeness (QED) is 0.702. The molecular formula is C25H27N3O3. The number of carbonyl (C=O) groups excluding carboxylic acids is 3. The minimum Gasteiger partial charge on any atom is -0.339 e. The predicted octanol–water partition coefficient (Wildman–Crippen LogP) is 2.99. The maximum atomic E-state index is 13.8. The first-order valence-corrected chi connectivity index (χ1v) is 11.1. The molecule has 6 nitrogen and oxygen atoms in total. The first kappa shape index (κ1) is 19.9. The summed E-state index contributed by atoms with van der Waals surface area (Å²) in [6.45, 7) is 2.91. The Bertz CT molecular complexity index is 1040. The summed E-state index contributed by atoms with van der Waals surface area (Å²) in [5.74, 6) is 0.0902. The number of nitrogens with zero attached hydrogens (tertiary/aromatic N) is 3. The van der Waals surface area contributed by atoms with E-state index < -0.39 is 5.41 Å². The van der Waals surface area contributed by atoms with E-state index in [1.54, 1.807) is 18.5 Å². The molecule has 3 heterocycles. The molecule has 3 atom stereocenters. The first-order valence-electron chi connectivity index (χ1n) is 11.1. The summed E-state index contributed by atoms with van der Waals surface area (Å²) in [7, 11) is 0. The van der Waals surface area contributed by atoms with Crippen molar-refractivity contribution in [1.82, 2.24) is 14.8 Å². The normalized spacial score (nSPS) is 27.4. The molecule has 2 aliphatic heterocycles. The number of likely N-dealkylation sites (tertiary alicyclic amines) is 2. The minimum absolute atomic E-state index is 0.000157. The molecule has 3 amide bonds. The van der Waals surface area contributed by atoms with E-state index in [4.69, 9.17) is 0 Å². The van der Waals surface area contributed by atoms with E-state index in [0.717, 1.165) is 36.1 Å². The van der Waals surface area contributed by atoms with Crippen molar-refractivity contribution in [2.75, 3.05) is 6.54 Å². The van der Waals surface area contributed by atoms with E-state index in [0.29, 0.717) is 12.0 Å². The van der Waals surface area contributed by atoms with Gasteiger partial charge in [0.2, 0.25) is 17.7 Å². The van der Waals surface area contributed by atoms with Crippen LogP contribution in [0.4, 0.5) is 0 Å². The molecule has 3 unspecified atom stereocenters. The van der Waals surface area contributed by atoms with Crippen LogP contribution in [-0.2, 0) is 26.3 Å². The Labute approximate surface area is 182 Å². The van der Waals surface area contributed by atoms with Crippen LogP contribution < -0.4 is 0 Å². The zero-order chi connectivity index (χ0) is 21.6. The summed E-state index contributed by atoms with van der Waals surface area (Å²) in [6.07, 6.45) is 6.72. The maximum Gasteiger partial charge on any atom is 0.241 e. The van der Waals surface area contributed by atoms with E-state index in [2.05, 4.69) is 4.98 Å². The number of pyridine rings is 1. The van der Waals surface area contributed by atoms with Gasteiger partial charge in [-0.15, -0.1) is 0 Å². The number of rotatable bonds is 5. The molecule has 3 fully saturated rings. The molecule has 160 valence electrons. The van der Waals surface area contributed by atoms with Gasteiger partial charge >= 0.3 is 0 Å². The lowest BCUT2D eigenvalue weighted by Gasteiger charge is -2.33. The topological polar surface area (TPSA) is 70.6 Å². The Morgan fingerprint density at radius 1 is 1.16 bits per heavy atom. The van der Waals surface area contributed by atoms with Crippen molar-refractivity contribution >= 4 is 17.7 Å². The molecule has 0 spiro atoms. The summed E-state index contributed by atoms with van der Waals surface area (Å²) in [6, 6.07) is 11.6. The van der Waals surface area contributed by atoms with Crippen LogP contribution in [-0.4, -0.2) is 45.1 Å². The van der Waals surface area contributed by atoms with Crippen molar-refractivity contribution in [2.24, 2.45) is 5.92 Å². The molecule has 2 saturated heterocycles. The standard InChI is InChI=1S/C25H27N3O3/c1-17-5-2-3-7-21(17)25(12-22(29)27-15-18-8-9-20(27)11-18)13-23(30)28(24(25)31)16-19-6-4-10-26-14-19/h2-7,10,14,18,20H,8-9,11-13,15-16H2,1H3. The number of aryl methyl sites for hydroxylation is 1. The summed E-state index contributed by atoms with van der Waals surface area (Å²) >= 11 is 0. The van der Waals surface area contributed by atoms with Gasteiger partial charge in [-0.3, -0.25) is 24.3 Å². The molecule has 1 aromatic carbocycles. The van der Waals surface area contributed by atoms with Crippen molar-refractivity contribution in [3.05, 3.63) is 65.5 Å². The molecule has 6 heteroatoms. The molecule has 1 aliphatic carbocycles. The second kappa shape index (κ2) is 7.59. The second-order valence-electron chi connectivity index (χ2n) is 9.28. The van der Waals surface area contributed by atoms with Crippen molar-refractivity contribution in [3.63, 3.8) is 0 Å². The van der Waals surface area contributed by atoms with E-state index in [1.807, 2.05) is 42.2 Å². The summed E-state index contributed by atoms with van der Waals surface area (Å²) in [5, 5.41) is 0. The van der Waals surface area contributed by atoms with Gasteiger partial charge in [-0.25, -0.2) is 0 Å². The van der Waals surface area contributed by atoms with Crippen LogP contribution in [0.1, 0.15) is 48.8 Å². The van der Waals surface area contributed by atoms with Crippen LogP contribution in [0.15, 0.2) is 48.8 Å². The second-order valence-corrected chi connectivity index (χ2v) is 9.28. The van der Waals surface area contributed by atoms with Gasteiger partial charge in [-0.1, -0.05) is 30.3 Å². The fourth-order valence-corrected chi connectivity index (χ4v) is 5.78. The maximum absolute atomic E-state index is 13.8. The number of imide groups is 1. The van der Waals surface area contributed by atoms with Gasteiger partial charge in [-0.2, -0.15) is 0 Å². The molecule has 1 saturated carbocycles. The zero-order valence-corrected chi connectivity index (χ0v) is 17.8. The molecule has 5 rings (SSSR count). The fourth-order valence-electron chi connectivity index (χ4n) is 5.78. The highest BCUT2D eigenvalue weighted by atomic mass is 16.2. The molecule has 3 aliphatic rings. The lowest BCUT2D eigenvalue weighted by Crippen LogP contribution is -2.45. The highest BCUT2D eigenvalue weighted by Crippen LogP contribution is 2.44. The number of hydrogen-bond acceptors (Lipinski definition) is 4. The van der Waals surface area contributed by atoms with Crippen molar-refractivity contribution in [1.29, 1.82) is 0 Å². The number of benzene rings is 1. The molecule has 2 aromatic rings. The molecule has 2 bridgehead atoms. The third-order valence-corrected chi connectivity index (χ3v) is 7.32. The van der Waals surface area contributed by atoms with Crippen LogP contribution in [0.2, 0.25) is 0 Å². The Morgan fingerprint density at radius 2 is 2.00 bits per heavy atom. The van der Waals surface area contributed by atoms with Gasteiger partial charge < -0.3 is 4.90 Å². The Balaban J connectivity index is 1.49. The van der Waals surface area contributed by atoms with Crippen LogP contribution in [0.5, 0.6) is 0 Å². The highest BCUT2D eigenvalue weighted by molar-refractivity contribution is 6.10. The van der Waals surface area contributed by atoms with Gasteiger partial charge in [0.1, 0.15) is 0 Å². The molecule has 0 N–H and O–H groups in total. The lowest BCUT2D eigenvalue weighted by atomic mass is 9.73. The van der Waals surface area contributed by atoms with Crippen LogP contribution in [0.25, 0.3) is 0 Å². The summed E-state index contributed by atoms with van der Waals surface area (Å²) < 4.78 is 0. The molecule has 0 radical (unpaired) electrons. The number of fused-ring (bicyclic) bond motifs is 2. The third-order valence-electron chi connectivity index (χ3n) is 7.32. The number of amides is 3. The SMILES string of the molecule is Cc1ccccc1C1(CC(=O)N2CC3CCC2C3)CC(=O)N(Cc2cccnc2)C1=O. The Hall–Kier alpha value is -3.02. The Morgan fingerprint density at radius 3 is 2.68 bits per heavy atom. The first-order chi connectivity index (χ1) is 15.0. The summed E-state index contributed by atoms with van der Waals surface area (Å²) in [4.78, 5) is 47.7. The van der Waals surface area contributed by atoms with E-state index >= 15 is 0 Å². The lowest BCUT2D eigenvalue weighted by molar-refractivity contribution is -0.143. The predicted molar refractivity (Wildman–Crippen MR) is 115 cm³/mol. The molecule has 31 heavy (non-hydrogen) atoms. The Kier molecular flexibility index (Phi) is 4.88. The van der Waals surface area contributed by atoms with Gasteiger partial charge in [-0.05, 0) is 54.9 Å². The van der Waals surface area contributed by atoms with Crippen molar-refractivity contribution in [2.45, 2.75) is 57.0 Å². The number of aromatic nitrogens is 1. The van der Waals surface area contributed by atoms with E-state index in [1.165, 1.54) is 11.3 Å². The van der Waals surface area contributed by atoms with Crippen LogP contribution in [0.3, 0.4) is 0 Å². The van der Waals surface area contributed by atoms with Crippen molar-refractivity contribution < 1.29 is 14.4 Å². The number of piperidine rings is 1.